The van der Waals surface area contributed by atoms with Crippen LogP contribution in [0.25, 0.3) is 0 Å². The van der Waals surface area contributed by atoms with Crippen molar-refractivity contribution in [2.24, 2.45) is 13.0 Å². The summed E-state index contributed by atoms with van der Waals surface area (Å²) in [4.78, 5) is 0. The third kappa shape index (κ3) is 2.83. The zero-order valence-electron chi connectivity index (χ0n) is 10.1. The van der Waals surface area contributed by atoms with Gasteiger partial charge in [0.2, 0.25) is 0 Å². The van der Waals surface area contributed by atoms with E-state index in [2.05, 4.69) is 23.5 Å². The average Bonchev–Trinajstić information content (AvgIpc) is 2.87. The number of nitrogens with zero attached hydrogens (tertiary/aromatic N) is 2. The van der Waals surface area contributed by atoms with Crippen molar-refractivity contribution in [2.75, 3.05) is 13.2 Å². The molecule has 4 heteroatoms. The molecule has 1 aliphatic heterocycles. The van der Waals surface area contributed by atoms with Crippen LogP contribution in [0, 0.1) is 5.92 Å². The first kappa shape index (κ1) is 11.6. The van der Waals surface area contributed by atoms with Gasteiger partial charge in [0.25, 0.3) is 0 Å². The minimum absolute atomic E-state index is 0.460. The largest absolute Gasteiger partial charge is 0.378 e. The Hall–Kier alpha value is -0.870. The molecule has 90 valence electrons. The van der Waals surface area contributed by atoms with Crippen molar-refractivity contribution in [3.8, 4) is 0 Å². The molecule has 2 heterocycles. The SMILES string of the molecule is CCC1OCCC1CNCc1cnn(C)c1. The van der Waals surface area contributed by atoms with Crippen molar-refractivity contribution in [1.82, 2.24) is 15.1 Å². The maximum absolute atomic E-state index is 5.67. The highest BCUT2D eigenvalue weighted by molar-refractivity contribution is 5.02. The Bertz CT molecular complexity index is 324. The van der Waals surface area contributed by atoms with E-state index in [9.17, 15) is 0 Å². The van der Waals surface area contributed by atoms with Gasteiger partial charge < -0.3 is 10.1 Å². The maximum Gasteiger partial charge on any atom is 0.0613 e. The van der Waals surface area contributed by atoms with Crippen LogP contribution in [0.3, 0.4) is 0 Å². The third-order valence-corrected chi connectivity index (χ3v) is 3.24. The van der Waals surface area contributed by atoms with Gasteiger partial charge in [-0.15, -0.1) is 0 Å². The molecule has 2 unspecified atom stereocenters. The van der Waals surface area contributed by atoms with E-state index in [4.69, 9.17) is 4.74 Å². The van der Waals surface area contributed by atoms with E-state index in [1.165, 1.54) is 12.0 Å². The first-order valence-electron chi connectivity index (χ1n) is 6.09. The normalized spacial score (nSPS) is 25.1. The van der Waals surface area contributed by atoms with Crippen molar-refractivity contribution < 1.29 is 4.74 Å². The summed E-state index contributed by atoms with van der Waals surface area (Å²) in [6.07, 6.45) is 6.74. The van der Waals surface area contributed by atoms with Crippen LogP contribution in [0.2, 0.25) is 0 Å². The summed E-state index contributed by atoms with van der Waals surface area (Å²) in [6.45, 7) is 5.08. The van der Waals surface area contributed by atoms with Gasteiger partial charge in [-0.3, -0.25) is 4.68 Å². The topological polar surface area (TPSA) is 39.1 Å². The average molecular weight is 223 g/mol. The molecule has 1 N–H and O–H groups in total. The number of hydrogen-bond acceptors (Lipinski definition) is 3. The second-order valence-electron chi connectivity index (χ2n) is 4.52. The molecule has 0 radical (unpaired) electrons. The predicted octanol–water partition coefficient (Wildman–Crippen LogP) is 1.32. The molecule has 1 aromatic heterocycles. The second-order valence-corrected chi connectivity index (χ2v) is 4.52. The quantitative estimate of drug-likeness (QED) is 0.818. The molecule has 0 saturated carbocycles. The van der Waals surface area contributed by atoms with Crippen molar-refractivity contribution in [3.05, 3.63) is 18.0 Å². The van der Waals surface area contributed by atoms with Gasteiger partial charge in [0.15, 0.2) is 0 Å². The Balaban J connectivity index is 1.71. The van der Waals surface area contributed by atoms with E-state index in [0.717, 1.165) is 26.1 Å². The van der Waals surface area contributed by atoms with E-state index in [1.807, 2.05) is 17.9 Å². The number of nitrogens with one attached hydrogen (secondary N) is 1. The summed E-state index contributed by atoms with van der Waals surface area (Å²) in [6, 6.07) is 0. The fourth-order valence-electron chi connectivity index (χ4n) is 2.34. The smallest absolute Gasteiger partial charge is 0.0613 e. The van der Waals surface area contributed by atoms with E-state index >= 15 is 0 Å². The van der Waals surface area contributed by atoms with Gasteiger partial charge in [0.05, 0.1) is 12.3 Å². The predicted molar refractivity (Wildman–Crippen MR) is 63.1 cm³/mol. The Morgan fingerprint density at radius 3 is 3.19 bits per heavy atom. The molecule has 0 bridgehead atoms. The minimum atomic E-state index is 0.460. The highest BCUT2D eigenvalue weighted by Gasteiger charge is 2.25. The zero-order chi connectivity index (χ0) is 11.4. The van der Waals surface area contributed by atoms with Crippen LogP contribution < -0.4 is 5.32 Å². The Morgan fingerprint density at radius 1 is 1.62 bits per heavy atom. The molecule has 0 aliphatic carbocycles. The number of aryl methyl sites for hydroxylation is 1. The van der Waals surface area contributed by atoms with Crippen molar-refractivity contribution in [3.63, 3.8) is 0 Å². The lowest BCUT2D eigenvalue weighted by Gasteiger charge is -2.16. The van der Waals surface area contributed by atoms with Gasteiger partial charge in [-0.05, 0) is 18.8 Å². The van der Waals surface area contributed by atoms with Crippen molar-refractivity contribution >= 4 is 0 Å². The van der Waals surface area contributed by atoms with Crippen molar-refractivity contribution in [2.45, 2.75) is 32.4 Å². The standard InChI is InChI=1S/C12H21N3O/c1-3-12-11(4-5-16-12)8-13-6-10-7-14-15(2)9-10/h7,9,11-13H,3-6,8H2,1-2H3. The molecular formula is C12H21N3O. The molecular weight excluding hydrogens is 202 g/mol. The van der Waals surface area contributed by atoms with Gasteiger partial charge in [-0.2, -0.15) is 5.10 Å². The first-order chi connectivity index (χ1) is 7.79. The Labute approximate surface area is 97.0 Å². The first-order valence-corrected chi connectivity index (χ1v) is 6.09. The zero-order valence-corrected chi connectivity index (χ0v) is 10.1. The summed E-state index contributed by atoms with van der Waals surface area (Å²) in [5.74, 6) is 0.682. The molecule has 1 aliphatic rings. The molecule has 2 rings (SSSR count). The van der Waals surface area contributed by atoms with Crippen molar-refractivity contribution in [1.29, 1.82) is 0 Å². The molecule has 0 amide bonds. The lowest BCUT2D eigenvalue weighted by atomic mass is 10.00. The molecule has 4 nitrogen and oxygen atoms in total. The number of aromatic nitrogens is 2. The van der Waals surface area contributed by atoms with Gasteiger partial charge in [-0.1, -0.05) is 6.92 Å². The molecule has 1 fully saturated rings. The molecule has 1 aromatic rings. The van der Waals surface area contributed by atoms with E-state index in [0.29, 0.717) is 12.0 Å². The molecule has 16 heavy (non-hydrogen) atoms. The van der Waals surface area contributed by atoms with E-state index in [-0.39, 0.29) is 0 Å². The number of rotatable bonds is 5. The molecule has 1 saturated heterocycles. The Morgan fingerprint density at radius 2 is 2.50 bits per heavy atom. The molecule has 0 spiro atoms. The summed E-state index contributed by atoms with van der Waals surface area (Å²) in [5.41, 5.74) is 1.24. The van der Waals surface area contributed by atoms with Gasteiger partial charge in [-0.25, -0.2) is 0 Å². The van der Waals surface area contributed by atoms with Crippen LogP contribution in [0.4, 0.5) is 0 Å². The van der Waals surface area contributed by atoms with E-state index < -0.39 is 0 Å². The van der Waals surface area contributed by atoms with Gasteiger partial charge in [0.1, 0.15) is 0 Å². The van der Waals surface area contributed by atoms with Crippen LogP contribution in [0.15, 0.2) is 12.4 Å². The fraction of sp³-hybridized carbons (Fsp3) is 0.750. The molecule has 2 atom stereocenters. The highest BCUT2D eigenvalue weighted by Crippen LogP contribution is 2.22. The second kappa shape index (κ2) is 5.46. The summed E-state index contributed by atoms with van der Waals surface area (Å²) in [7, 11) is 1.95. The fourth-order valence-corrected chi connectivity index (χ4v) is 2.34. The summed E-state index contributed by atoms with van der Waals surface area (Å²) < 4.78 is 7.50. The monoisotopic (exact) mass is 223 g/mol. The van der Waals surface area contributed by atoms with Crippen LogP contribution >= 0.6 is 0 Å². The maximum atomic E-state index is 5.67. The highest BCUT2D eigenvalue weighted by atomic mass is 16.5. The van der Waals surface area contributed by atoms with Crippen LogP contribution in [0.1, 0.15) is 25.3 Å². The minimum Gasteiger partial charge on any atom is -0.378 e. The Kier molecular flexibility index (Phi) is 3.96. The number of hydrogen-bond donors (Lipinski definition) is 1. The number of ether oxygens (including phenoxy) is 1. The van der Waals surface area contributed by atoms with Crippen LogP contribution in [-0.2, 0) is 18.3 Å². The van der Waals surface area contributed by atoms with Crippen LogP contribution in [-0.4, -0.2) is 29.0 Å². The lowest BCUT2D eigenvalue weighted by molar-refractivity contribution is 0.0872. The van der Waals surface area contributed by atoms with Crippen LogP contribution in [0.5, 0.6) is 0 Å². The van der Waals surface area contributed by atoms with E-state index in [1.54, 1.807) is 0 Å². The molecule has 0 aromatic carbocycles. The summed E-state index contributed by atoms with van der Waals surface area (Å²) in [5, 5.41) is 7.64. The summed E-state index contributed by atoms with van der Waals surface area (Å²) >= 11 is 0. The van der Waals surface area contributed by atoms with Gasteiger partial charge in [0, 0.05) is 38.5 Å². The lowest BCUT2D eigenvalue weighted by Crippen LogP contribution is -2.27. The third-order valence-electron chi connectivity index (χ3n) is 3.24. The van der Waals surface area contributed by atoms with Gasteiger partial charge >= 0.3 is 0 Å².